The van der Waals surface area contributed by atoms with Crippen LogP contribution in [0.15, 0.2) is 29.8 Å². The molecule has 1 rings (SSSR count). The lowest BCUT2D eigenvalue weighted by Gasteiger charge is -2.05. The third kappa shape index (κ3) is 4.28. The first-order valence-corrected chi connectivity index (χ1v) is 5.06. The van der Waals surface area contributed by atoms with Gasteiger partial charge < -0.3 is 9.47 Å². The molecule has 1 aromatic rings. The van der Waals surface area contributed by atoms with Crippen LogP contribution in [0.1, 0.15) is 11.1 Å². The molecule has 0 N–H and O–H groups in total. The van der Waals surface area contributed by atoms with Gasteiger partial charge in [0.05, 0.1) is 6.61 Å². The Morgan fingerprint density at radius 3 is 2.50 bits per heavy atom. The van der Waals surface area contributed by atoms with Crippen LogP contribution in [-0.4, -0.2) is 26.8 Å². The summed E-state index contributed by atoms with van der Waals surface area (Å²) >= 11 is 0. The number of methoxy groups -OCH3 is 1. The van der Waals surface area contributed by atoms with Crippen LogP contribution in [0.25, 0.3) is 6.08 Å². The molecule has 1 aromatic carbocycles. The van der Waals surface area contributed by atoms with Gasteiger partial charge in [-0.2, -0.15) is 0 Å². The molecule has 86 valence electrons. The van der Waals surface area contributed by atoms with Crippen molar-refractivity contribution in [1.82, 2.24) is 0 Å². The normalized spacial score (nSPS) is 11.2. The second-order valence-corrected chi connectivity index (χ2v) is 3.55. The van der Waals surface area contributed by atoms with Gasteiger partial charge in [0.25, 0.3) is 6.47 Å². The highest BCUT2D eigenvalue weighted by Gasteiger charge is 1.98. The fourth-order valence-electron chi connectivity index (χ4n) is 1.35. The predicted octanol–water partition coefficient (Wildman–Crippen LogP) is 2.20. The summed E-state index contributed by atoms with van der Waals surface area (Å²) in [5.41, 5.74) is 3.22. The standard InChI is InChI=1S/C13H16O3/c1-11-3-5-12(6-4-11)7-13(8-15-2)9-16-10-14/h3-7,10H,8-9H2,1-2H3/b13-7+. The first-order chi connectivity index (χ1) is 7.76. The van der Waals surface area contributed by atoms with Gasteiger partial charge in [-0.25, -0.2) is 0 Å². The van der Waals surface area contributed by atoms with Crippen LogP contribution in [0.5, 0.6) is 0 Å². The smallest absolute Gasteiger partial charge is 0.293 e. The summed E-state index contributed by atoms with van der Waals surface area (Å²) in [5.74, 6) is 0. The van der Waals surface area contributed by atoms with Gasteiger partial charge in [-0.1, -0.05) is 35.9 Å². The number of aryl methyl sites for hydroxylation is 1. The molecular formula is C13H16O3. The minimum atomic E-state index is 0.269. The van der Waals surface area contributed by atoms with Crippen LogP contribution >= 0.6 is 0 Å². The average Bonchev–Trinajstić information content (AvgIpc) is 2.29. The number of hydrogen-bond acceptors (Lipinski definition) is 3. The number of ether oxygens (including phenoxy) is 2. The van der Waals surface area contributed by atoms with Crippen LogP contribution in [0, 0.1) is 6.92 Å². The van der Waals surface area contributed by atoms with E-state index in [2.05, 4.69) is 0 Å². The van der Waals surface area contributed by atoms with E-state index in [0.717, 1.165) is 11.1 Å². The van der Waals surface area contributed by atoms with E-state index in [-0.39, 0.29) is 6.61 Å². The number of hydrogen-bond donors (Lipinski definition) is 0. The van der Waals surface area contributed by atoms with E-state index >= 15 is 0 Å². The van der Waals surface area contributed by atoms with Crippen LogP contribution in [0.3, 0.4) is 0 Å². The Bertz CT molecular complexity index is 352. The minimum Gasteiger partial charge on any atom is -0.463 e. The van der Waals surface area contributed by atoms with Crippen molar-refractivity contribution in [2.45, 2.75) is 6.92 Å². The maximum absolute atomic E-state index is 10.1. The zero-order valence-electron chi connectivity index (χ0n) is 9.60. The van der Waals surface area contributed by atoms with Gasteiger partial charge >= 0.3 is 0 Å². The Hall–Kier alpha value is -1.61. The zero-order valence-corrected chi connectivity index (χ0v) is 9.60. The van der Waals surface area contributed by atoms with E-state index in [9.17, 15) is 4.79 Å². The second kappa shape index (κ2) is 6.80. The lowest BCUT2D eigenvalue weighted by molar-refractivity contribution is -0.127. The highest BCUT2D eigenvalue weighted by Crippen LogP contribution is 2.09. The van der Waals surface area contributed by atoms with Crippen LogP contribution in [-0.2, 0) is 14.3 Å². The van der Waals surface area contributed by atoms with Crippen molar-refractivity contribution >= 4 is 12.5 Å². The topological polar surface area (TPSA) is 35.5 Å². The first-order valence-electron chi connectivity index (χ1n) is 5.06. The molecule has 0 amide bonds. The van der Waals surface area contributed by atoms with Crippen LogP contribution < -0.4 is 0 Å². The highest BCUT2D eigenvalue weighted by atomic mass is 16.5. The monoisotopic (exact) mass is 220 g/mol. The van der Waals surface area contributed by atoms with Crippen molar-refractivity contribution in [2.24, 2.45) is 0 Å². The molecule has 0 aliphatic rings. The quantitative estimate of drug-likeness (QED) is 0.689. The zero-order chi connectivity index (χ0) is 11.8. The highest BCUT2D eigenvalue weighted by molar-refractivity contribution is 5.54. The number of carbonyl (C=O) groups excluding carboxylic acids is 1. The molecule has 0 heterocycles. The van der Waals surface area contributed by atoms with Gasteiger partial charge in [0, 0.05) is 7.11 Å². The summed E-state index contributed by atoms with van der Waals surface area (Å²) in [7, 11) is 1.61. The molecule has 0 unspecified atom stereocenters. The molecule has 0 bridgehead atoms. The maximum atomic E-state index is 10.1. The fraction of sp³-hybridized carbons (Fsp3) is 0.308. The summed E-state index contributed by atoms with van der Waals surface area (Å²) in [6, 6.07) is 8.12. The number of rotatable bonds is 6. The third-order valence-corrected chi connectivity index (χ3v) is 2.11. The summed E-state index contributed by atoms with van der Waals surface area (Å²) in [6.45, 7) is 3.21. The molecule has 3 nitrogen and oxygen atoms in total. The third-order valence-electron chi connectivity index (χ3n) is 2.11. The molecule has 0 aliphatic carbocycles. The Morgan fingerprint density at radius 2 is 1.94 bits per heavy atom. The SMILES string of the molecule is COC/C(=C\c1ccc(C)cc1)COC=O. The lowest BCUT2D eigenvalue weighted by atomic mass is 10.1. The molecule has 16 heavy (non-hydrogen) atoms. The van der Waals surface area contributed by atoms with Crippen molar-refractivity contribution in [3.63, 3.8) is 0 Å². The largest absolute Gasteiger partial charge is 0.463 e. The maximum Gasteiger partial charge on any atom is 0.293 e. The second-order valence-electron chi connectivity index (χ2n) is 3.55. The average molecular weight is 220 g/mol. The van der Waals surface area contributed by atoms with Crippen molar-refractivity contribution in [2.75, 3.05) is 20.3 Å². The molecule has 0 aromatic heterocycles. The number of carbonyl (C=O) groups is 1. The molecule has 0 radical (unpaired) electrons. The summed E-state index contributed by atoms with van der Waals surface area (Å²) in [5, 5.41) is 0. The van der Waals surface area contributed by atoms with Gasteiger partial charge in [0.15, 0.2) is 0 Å². The molecule has 3 heteroatoms. The van der Waals surface area contributed by atoms with Crippen LogP contribution in [0.4, 0.5) is 0 Å². The van der Waals surface area contributed by atoms with E-state index < -0.39 is 0 Å². The Morgan fingerprint density at radius 1 is 1.25 bits per heavy atom. The minimum absolute atomic E-state index is 0.269. The Labute approximate surface area is 95.7 Å². The summed E-state index contributed by atoms with van der Waals surface area (Å²) in [6.07, 6.45) is 1.96. The predicted molar refractivity (Wildman–Crippen MR) is 63.0 cm³/mol. The first kappa shape index (κ1) is 12.5. The van der Waals surface area contributed by atoms with E-state index in [0.29, 0.717) is 13.1 Å². The molecular weight excluding hydrogens is 204 g/mol. The Kier molecular flexibility index (Phi) is 5.29. The van der Waals surface area contributed by atoms with Gasteiger partial charge in [-0.15, -0.1) is 0 Å². The van der Waals surface area contributed by atoms with Crippen molar-refractivity contribution in [3.8, 4) is 0 Å². The fourth-order valence-corrected chi connectivity index (χ4v) is 1.35. The molecule has 0 saturated heterocycles. The van der Waals surface area contributed by atoms with E-state index in [1.165, 1.54) is 5.56 Å². The van der Waals surface area contributed by atoms with Crippen molar-refractivity contribution in [3.05, 3.63) is 41.0 Å². The lowest BCUT2D eigenvalue weighted by Crippen LogP contribution is -2.02. The van der Waals surface area contributed by atoms with E-state index in [4.69, 9.17) is 9.47 Å². The van der Waals surface area contributed by atoms with Gasteiger partial charge in [0.1, 0.15) is 6.61 Å². The molecule has 0 atom stereocenters. The van der Waals surface area contributed by atoms with Gasteiger partial charge in [-0.3, -0.25) is 4.79 Å². The Balaban J connectivity index is 2.75. The van der Waals surface area contributed by atoms with E-state index in [1.54, 1.807) is 7.11 Å². The molecule has 0 aliphatic heterocycles. The van der Waals surface area contributed by atoms with Crippen molar-refractivity contribution < 1.29 is 14.3 Å². The summed E-state index contributed by atoms with van der Waals surface area (Å²) < 4.78 is 9.75. The number of benzene rings is 1. The van der Waals surface area contributed by atoms with Gasteiger partial charge in [-0.05, 0) is 18.1 Å². The van der Waals surface area contributed by atoms with Crippen molar-refractivity contribution in [1.29, 1.82) is 0 Å². The molecule has 0 saturated carbocycles. The van der Waals surface area contributed by atoms with Crippen LogP contribution in [0.2, 0.25) is 0 Å². The van der Waals surface area contributed by atoms with Gasteiger partial charge in [0.2, 0.25) is 0 Å². The van der Waals surface area contributed by atoms with E-state index in [1.807, 2.05) is 37.3 Å². The molecule has 0 spiro atoms. The molecule has 0 fully saturated rings. The summed E-state index contributed by atoms with van der Waals surface area (Å²) in [4.78, 5) is 10.1.